The van der Waals surface area contributed by atoms with E-state index in [4.69, 9.17) is 4.74 Å². The maximum absolute atomic E-state index is 12.5. The van der Waals surface area contributed by atoms with Crippen molar-refractivity contribution in [1.82, 2.24) is 4.72 Å². The van der Waals surface area contributed by atoms with Gasteiger partial charge in [0.05, 0.1) is 18.1 Å². The van der Waals surface area contributed by atoms with Crippen LogP contribution in [0.4, 0.5) is 10.5 Å². The number of carbonyl (C=O) groups is 1. The number of sulfonamides is 1. The van der Waals surface area contributed by atoms with Crippen molar-refractivity contribution >= 4 is 21.8 Å². The number of methoxy groups -OCH3 is 2. The monoisotopic (exact) mass is 378 g/mol. The molecule has 2 aromatic carbocycles. The van der Waals surface area contributed by atoms with E-state index in [9.17, 15) is 13.2 Å². The second-order valence-corrected chi connectivity index (χ2v) is 7.34. The fourth-order valence-corrected chi connectivity index (χ4v) is 3.46. The lowest BCUT2D eigenvalue weighted by molar-refractivity contribution is 0.107. The van der Waals surface area contributed by atoms with Crippen LogP contribution < -0.4 is 10.0 Å². The largest absolute Gasteiger partial charge is 0.453 e. The number of amides is 1. The molecule has 1 amide bonds. The summed E-state index contributed by atoms with van der Waals surface area (Å²) in [5, 5.41) is 2.46. The summed E-state index contributed by atoms with van der Waals surface area (Å²) in [6.07, 6.45) is -1.02. The summed E-state index contributed by atoms with van der Waals surface area (Å²) in [5.74, 6) is 0. The molecule has 0 heterocycles. The van der Waals surface area contributed by atoms with E-state index in [1.165, 1.54) is 31.4 Å². The number of rotatable bonds is 7. The number of nitrogens with one attached hydrogen (secondary N) is 2. The third kappa shape index (κ3) is 5.04. The molecule has 26 heavy (non-hydrogen) atoms. The lowest BCUT2D eigenvalue weighted by Crippen LogP contribution is -2.29. The summed E-state index contributed by atoms with van der Waals surface area (Å²) in [5.41, 5.74) is 2.39. The van der Waals surface area contributed by atoms with Crippen LogP contribution in [-0.2, 0) is 19.5 Å². The number of ether oxygens (including phenoxy) is 2. The minimum atomic E-state index is -3.71. The lowest BCUT2D eigenvalue weighted by Gasteiger charge is -2.18. The van der Waals surface area contributed by atoms with E-state index in [1.54, 1.807) is 7.11 Å². The van der Waals surface area contributed by atoms with E-state index in [-0.39, 0.29) is 11.4 Å². The molecule has 8 heteroatoms. The van der Waals surface area contributed by atoms with Gasteiger partial charge in [-0.05, 0) is 42.3 Å². The van der Waals surface area contributed by atoms with Gasteiger partial charge >= 0.3 is 6.09 Å². The molecule has 2 N–H and O–H groups in total. The van der Waals surface area contributed by atoms with Crippen LogP contribution >= 0.6 is 0 Å². The first-order valence-electron chi connectivity index (χ1n) is 7.90. The summed E-state index contributed by atoms with van der Waals surface area (Å²) in [6, 6.07) is 13.4. The Kier molecular flexibility index (Phi) is 6.73. The topological polar surface area (TPSA) is 93.7 Å². The third-order valence-corrected chi connectivity index (χ3v) is 5.31. The number of aryl methyl sites for hydroxylation is 1. The van der Waals surface area contributed by atoms with Gasteiger partial charge in [-0.25, -0.2) is 17.9 Å². The Labute approximate surface area is 153 Å². The van der Waals surface area contributed by atoms with Gasteiger partial charge in [-0.2, -0.15) is 0 Å². The standard InChI is InChI=1S/C18H22N2O5S/c1-13-6-4-5-7-16(13)17(24-2)12-19-26(22,23)15-10-8-14(9-11-15)20-18(21)25-3/h4-11,17,19H,12H2,1-3H3,(H,20,21)/t17-/m1/s1. The van der Waals surface area contributed by atoms with Crippen LogP contribution in [0.25, 0.3) is 0 Å². The van der Waals surface area contributed by atoms with Gasteiger partial charge in [0.25, 0.3) is 0 Å². The van der Waals surface area contributed by atoms with Crippen molar-refractivity contribution in [3.05, 3.63) is 59.7 Å². The molecule has 0 unspecified atom stereocenters. The van der Waals surface area contributed by atoms with E-state index in [0.717, 1.165) is 11.1 Å². The normalized spacial score (nSPS) is 12.4. The molecular weight excluding hydrogens is 356 g/mol. The van der Waals surface area contributed by atoms with E-state index >= 15 is 0 Å². The average Bonchev–Trinajstić information content (AvgIpc) is 2.64. The number of carbonyl (C=O) groups excluding carboxylic acids is 1. The molecule has 1 atom stereocenters. The van der Waals surface area contributed by atoms with Crippen molar-refractivity contribution in [3.8, 4) is 0 Å². The first kappa shape index (κ1) is 19.9. The molecule has 0 aliphatic carbocycles. The third-order valence-electron chi connectivity index (χ3n) is 3.88. The molecule has 0 aliphatic heterocycles. The summed E-state index contributed by atoms with van der Waals surface area (Å²) >= 11 is 0. The predicted octanol–water partition coefficient (Wildman–Crippen LogP) is 2.84. The highest BCUT2D eigenvalue weighted by Crippen LogP contribution is 2.21. The highest BCUT2D eigenvalue weighted by Gasteiger charge is 2.19. The first-order valence-corrected chi connectivity index (χ1v) is 9.38. The molecule has 0 spiro atoms. The van der Waals surface area contributed by atoms with Gasteiger partial charge in [0.2, 0.25) is 10.0 Å². The van der Waals surface area contributed by atoms with Crippen LogP contribution in [0, 0.1) is 6.92 Å². The van der Waals surface area contributed by atoms with Crippen LogP contribution in [0.3, 0.4) is 0 Å². The van der Waals surface area contributed by atoms with Crippen LogP contribution in [-0.4, -0.2) is 35.3 Å². The van der Waals surface area contributed by atoms with Gasteiger partial charge in [0.15, 0.2) is 0 Å². The molecule has 0 saturated carbocycles. The van der Waals surface area contributed by atoms with Gasteiger partial charge in [-0.15, -0.1) is 0 Å². The predicted molar refractivity (Wildman–Crippen MR) is 98.6 cm³/mol. The van der Waals surface area contributed by atoms with Gasteiger partial charge < -0.3 is 9.47 Å². The SMILES string of the molecule is COC(=O)Nc1ccc(S(=O)(=O)NC[C@@H](OC)c2ccccc2C)cc1. The molecule has 0 aliphatic rings. The zero-order valence-electron chi connectivity index (χ0n) is 14.9. The van der Waals surface area contributed by atoms with E-state index < -0.39 is 22.2 Å². The molecular formula is C18H22N2O5S. The molecule has 2 rings (SSSR count). The smallest absolute Gasteiger partial charge is 0.411 e. The maximum atomic E-state index is 12.5. The molecule has 140 valence electrons. The van der Waals surface area contributed by atoms with Gasteiger partial charge in [-0.3, -0.25) is 5.32 Å². The summed E-state index contributed by atoms with van der Waals surface area (Å²) in [7, 11) is -0.922. The molecule has 0 saturated heterocycles. The van der Waals surface area contributed by atoms with E-state index in [0.29, 0.717) is 5.69 Å². The highest BCUT2D eigenvalue weighted by atomic mass is 32.2. The van der Waals surface area contributed by atoms with Gasteiger partial charge in [0, 0.05) is 19.3 Å². The molecule has 2 aromatic rings. The minimum absolute atomic E-state index is 0.0903. The van der Waals surface area contributed by atoms with Gasteiger partial charge in [0.1, 0.15) is 0 Å². The van der Waals surface area contributed by atoms with Crippen LogP contribution in [0.5, 0.6) is 0 Å². The fraction of sp³-hybridized carbons (Fsp3) is 0.278. The lowest BCUT2D eigenvalue weighted by atomic mass is 10.0. The van der Waals surface area contributed by atoms with Crippen LogP contribution in [0.1, 0.15) is 17.2 Å². The first-order chi connectivity index (χ1) is 12.4. The fourth-order valence-electron chi connectivity index (χ4n) is 2.42. The summed E-state index contributed by atoms with van der Waals surface area (Å²) in [4.78, 5) is 11.2. The summed E-state index contributed by atoms with van der Waals surface area (Å²) in [6.45, 7) is 2.05. The molecule has 0 radical (unpaired) electrons. The van der Waals surface area contributed by atoms with E-state index in [1.807, 2.05) is 31.2 Å². The van der Waals surface area contributed by atoms with Crippen molar-refractivity contribution in [1.29, 1.82) is 0 Å². The van der Waals surface area contributed by atoms with E-state index in [2.05, 4.69) is 14.8 Å². The van der Waals surface area contributed by atoms with Crippen molar-refractivity contribution < 1.29 is 22.7 Å². The quantitative estimate of drug-likeness (QED) is 0.773. The number of anilines is 1. The Morgan fingerprint density at radius 2 is 1.73 bits per heavy atom. The zero-order chi connectivity index (χ0) is 19.2. The average molecular weight is 378 g/mol. The molecule has 0 fully saturated rings. The Balaban J connectivity index is 2.08. The Bertz CT molecular complexity index is 850. The Hall–Kier alpha value is -2.42. The highest BCUT2D eigenvalue weighted by molar-refractivity contribution is 7.89. The zero-order valence-corrected chi connectivity index (χ0v) is 15.7. The van der Waals surface area contributed by atoms with Crippen molar-refractivity contribution in [2.45, 2.75) is 17.9 Å². The second-order valence-electron chi connectivity index (χ2n) is 5.57. The molecule has 0 aromatic heterocycles. The maximum Gasteiger partial charge on any atom is 0.411 e. The van der Waals surface area contributed by atoms with Crippen LogP contribution in [0.15, 0.2) is 53.4 Å². The number of hydrogen-bond acceptors (Lipinski definition) is 5. The van der Waals surface area contributed by atoms with Gasteiger partial charge in [-0.1, -0.05) is 24.3 Å². The molecule has 0 bridgehead atoms. The van der Waals surface area contributed by atoms with Crippen molar-refractivity contribution in [2.75, 3.05) is 26.1 Å². The second kappa shape index (κ2) is 8.79. The van der Waals surface area contributed by atoms with Crippen LogP contribution in [0.2, 0.25) is 0 Å². The number of hydrogen-bond donors (Lipinski definition) is 2. The Morgan fingerprint density at radius 3 is 2.31 bits per heavy atom. The number of benzene rings is 2. The molecule has 7 nitrogen and oxygen atoms in total. The minimum Gasteiger partial charge on any atom is -0.453 e. The Morgan fingerprint density at radius 1 is 1.08 bits per heavy atom. The van der Waals surface area contributed by atoms with Crippen molar-refractivity contribution in [2.24, 2.45) is 0 Å². The summed E-state index contributed by atoms with van der Waals surface area (Å²) < 4.78 is 37.4. The van der Waals surface area contributed by atoms with Crippen molar-refractivity contribution in [3.63, 3.8) is 0 Å².